The summed E-state index contributed by atoms with van der Waals surface area (Å²) in [5.41, 5.74) is 2.20. The van der Waals surface area contributed by atoms with Gasteiger partial charge in [-0.05, 0) is 35.9 Å². The Kier molecular flexibility index (Phi) is 2.59. The van der Waals surface area contributed by atoms with E-state index >= 15 is 0 Å². The van der Waals surface area contributed by atoms with E-state index in [1.54, 1.807) is 0 Å². The molecule has 1 aliphatic rings. The van der Waals surface area contributed by atoms with E-state index in [4.69, 9.17) is 0 Å². The SMILES string of the molecule is O=C(Cc1ccc2cc[nH]c2c1)N1CCCC1. The Bertz CT molecular complexity index is 538. The number of H-pyrrole nitrogens is 1. The molecule has 1 aliphatic heterocycles. The minimum atomic E-state index is 0.258. The third kappa shape index (κ3) is 2.05. The second-order valence-corrected chi connectivity index (χ2v) is 4.66. The number of carbonyl (C=O) groups is 1. The number of aromatic amines is 1. The molecule has 1 aromatic carbocycles. The van der Waals surface area contributed by atoms with Crippen LogP contribution in [0.5, 0.6) is 0 Å². The van der Waals surface area contributed by atoms with Crippen LogP contribution in [-0.2, 0) is 11.2 Å². The van der Waals surface area contributed by atoms with E-state index in [2.05, 4.69) is 17.1 Å². The summed E-state index contributed by atoms with van der Waals surface area (Å²) in [6.45, 7) is 1.87. The Hall–Kier alpha value is -1.77. The van der Waals surface area contributed by atoms with Crippen LogP contribution in [0.4, 0.5) is 0 Å². The summed E-state index contributed by atoms with van der Waals surface area (Å²) >= 11 is 0. The molecule has 1 fully saturated rings. The molecule has 3 rings (SSSR count). The average molecular weight is 228 g/mol. The van der Waals surface area contributed by atoms with Crippen molar-refractivity contribution in [1.82, 2.24) is 9.88 Å². The van der Waals surface area contributed by atoms with Gasteiger partial charge < -0.3 is 9.88 Å². The van der Waals surface area contributed by atoms with Crippen LogP contribution in [0.15, 0.2) is 30.5 Å². The normalized spacial score (nSPS) is 15.6. The first kappa shape index (κ1) is 10.4. The second kappa shape index (κ2) is 4.24. The molecule has 0 atom stereocenters. The lowest BCUT2D eigenvalue weighted by Gasteiger charge is -2.14. The number of nitrogens with zero attached hydrogens (tertiary/aromatic N) is 1. The molecule has 3 nitrogen and oxygen atoms in total. The van der Waals surface area contributed by atoms with Gasteiger partial charge in [-0.15, -0.1) is 0 Å². The zero-order valence-corrected chi connectivity index (χ0v) is 9.78. The van der Waals surface area contributed by atoms with Crippen molar-refractivity contribution in [3.8, 4) is 0 Å². The number of fused-ring (bicyclic) bond motifs is 1. The highest BCUT2D eigenvalue weighted by molar-refractivity contribution is 5.83. The molecule has 1 saturated heterocycles. The van der Waals surface area contributed by atoms with Crippen molar-refractivity contribution in [2.24, 2.45) is 0 Å². The number of benzene rings is 1. The fraction of sp³-hybridized carbons (Fsp3) is 0.357. The summed E-state index contributed by atoms with van der Waals surface area (Å²) in [6, 6.07) is 8.23. The van der Waals surface area contributed by atoms with E-state index in [9.17, 15) is 4.79 Å². The number of carbonyl (C=O) groups excluding carboxylic acids is 1. The van der Waals surface area contributed by atoms with Crippen molar-refractivity contribution >= 4 is 16.8 Å². The van der Waals surface area contributed by atoms with Crippen LogP contribution in [0, 0.1) is 0 Å². The summed E-state index contributed by atoms with van der Waals surface area (Å²) in [5, 5.41) is 1.20. The van der Waals surface area contributed by atoms with E-state index in [1.165, 1.54) is 5.39 Å². The average Bonchev–Trinajstić information content (AvgIpc) is 2.99. The van der Waals surface area contributed by atoms with E-state index in [0.717, 1.165) is 37.0 Å². The number of nitrogens with one attached hydrogen (secondary N) is 1. The Morgan fingerprint density at radius 2 is 2.06 bits per heavy atom. The molecule has 88 valence electrons. The molecule has 0 bridgehead atoms. The van der Waals surface area contributed by atoms with Gasteiger partial charge in [-0.2, -0.15) is 0 Å². The number of likely N-dealkylation sites (tertiary alicyclic amines) is 1. The maximum absolute atomic E-state index is 12.0. The van der Waals surface area contributed by atoms with E-state index < -0.39 is 0 Å². The van der Waals surface area contributed by atoms with Crippen molar-refractivity contribution in [2.75, 3.05) is 13.1 Å². The lowest BCUT2D eigenvalue weighted by molar-refractivity contribution is -0.129. The quantitative estimate of drug-likeness (QED) is 0.841. The number of hydrogen-bond donors (Lipinski definition) is 1. The third-order valence-corrected chi connectivity index (χ3v) is 3.43. The summed E-state index contributed by atoms with van der Waals surface area (Å²) < 4.78 is 0. The van der Waals surface area contributed by atoms with Gasteiger partial charge in [0.25, 0.3) is 0 Å². The Balaban J connectivity index is 1.77. The Labute approximate surface area is 100 Å². The minimum Gasteiger partial charge on any atom is -0.361 e. The first-order valence-corrected chi connectivity index (χ1v) is 6.17. The fourth-order valence-electron chi connectivity index (χ4n) is 2.46. The predicted molar refractivity (Wildman–Crippen MR) is 67.8 cm³/mol. The summed E-state index contributed by atoms with van der Waals surface area (Å²) in [5.74, 6) is 0.258. The maximum Gasteiger partial charge on any atom is 0.226 e. The molecule has 1 aromatic heterocycles. The largest absolute Gasteiger partial charge is 0.361 e. The highest BCUT2D eigenvalue weighted by atomic mass is 16.2. The zero-order chi connectivity index (χ0) is 11.7. The highest BCUT2D eigenvalue weighted by Crippen LogP contribution is 2.16. The molecule has 0 spiro atoms. The third-order valence-electron chi connectivity index (χ3n) is 3.43. The van der Waals surface area contributed by atoms with Gasteiger partial charge in [0.05, 0.1) is 6.42 Å². The van der Waals surface area contributed by atoms with Crippen LogP contribution in [0.1, 0.15) is 18.4 Å². The van der Waals surface area contributed by atoms with Gasteiger partial charge in [-0.25, -0.2) is 0 Å². The van der Waals surface area contributed by atoms with Crippen LogP contribution in [-0.4, -0.2) is 28.9 Å². The van der Waals surface area contributed by atoms with Crippen LogP contribution >= 0.6 is 0 Å². The van der Waals surface area contributed by atoms with Crippen LogP contribution < -0.4 is 0 Å². The summed E-state index contributed by atoms with van der Waals surface area (Å²) in [7, 11) is 0. The van der Waals surface area contributed by atoms with Crippen molar-refractivity contribution in [3.05, 3.63) is 36.0 Å². The monoisotopic (exact) mass is 228 g/mol. The van der Waals surface area contributed by atoms with E-state index in [-0.39, 0.29) is 5.91 Å². The molecular weight excluding hydrogens is 212 g/mol. The van der Waals surface area contributed by atoms with Gasteiger partial charge in [0.15, 0.2) is 0 Å². The van der Waals surface area contributed by atoms with Gasteiger partial charge in [0, 0.05) is 24.8 Å². The molecule has 1 amide bonds. The number of hydrogen-bond acceptors (Lipinski definition) is 1. The Morgan fingerprint density at radius 3 is 2.88 bits per heavy atom. The zero-order valence-electron chi connectivity index (χ0n) is 9.78. The number of rotatable bonds is 2. The summed E-state index contributed by atoms with van der Waals surface area (Å²) in [6.07, 6.45) is 4.76. The van der Waals surface area contributed by atoms with Crippen molar-refractivity contribution < 1.29 is 4.79 Å². The van der Waals surface area contributed by atoms with Gasteiger partial charge in [0.1, 0.15) is 0 Å². The van der Waals surface area contributed by atoms with Crippen molar-refractivity contribution in [2.45, 2.75) is 19.3 Å². The highest BCUT2D eigenvalue weighted by Gasteiger charge is 2.17. The lowest BCUT2D eigenvalue weighted by Crippen LogP contribution is -2.29. The van der Waals surface area contributed by atoms with Crippen molar-refractivity contribution in [1.29, 1.82) is 0 Å². The van der Waals surface area contributed by atoms with Crippen molar-refractivity contribution in [3.63, 3.8) is 0 Å². The molecule has 2 heterocycles. The fourth-order valence-corrected chi connectivity index (χ4v) is 2.46. The first-order chi connectivity index (χ1) is 8.33. The molecule has 0 unspecified atom stereocenters. The van der Waals surface area contributed by atoms with Crippen LogP contribution in [0.3, 0.4) is 0 Å². The minimum absolute atomic E-state index is 0.258. The second-order valence-electron chi connectivity index (χ2n) is 4.66. The molecule has 3 heteroatoms. The lowest BCUT2D eigenvalue weighted by atomic mass is 10.1. The Morgan fingerprint density at radius 1 is 1.24 bits per heavy atom. The van der Waals surface area contributed by atoms with E-state index in [0.29, 0.717) is 6.42 Å². The molecule has 2 aromatic rings. The van der Waals surface area contributed by atoms with Gasteiger partial charge >= 0.3 is 0 Å². The van der Waals surface area contributed by atoms with Gasteiger partial charge in [0.2, 0.25) is 5.91 Å². The van der Waals surface area contributed by atoms with Gasteiger partial charge in [-0.1, -0.05) is 12.1 Å². The van der Waals surface area contributed by atoms with Crippen LogP contribution in [0.25, 0.3) is 10.9 Å². The number of amides is 1. The molecule has 17 heavy (non-hydrogen) atoms. The topological polar surface area (TPSA) is 36.1 Å². The van der Waals surface area contributed by atoms with Gasteiger partial charge in [-0.3, -0.25) is 4.79 Å². The maximum atomic E-state index is 12.0. The molecular formula is C14H16N2O. The predicted octanol–water partition coefficient (Wildman–Crippen LogP) is 2.33. The van der Waals surface area contributed by atoms with Crippen LogP contribution in [0.2, 0.25) is 0 Å². The number of aromatic nitrogens is 1. The molecule has 0 radical (unpaired) electrons. The molecule has 1 N–H and O–H groups in total. The molecule has 0 saturated carbocycles. The smallest absolute Gasteiger partial charge is 0.226 e. The standard InChI is InChI=1S/C14H16N2O/c17-14(16-7-1-2-8-16)10-11-3-4-12-5-6-15-13(12)9-11/h3-6,9,15H,1-2,7-8,10H2. The molecule has 0 aliphatic carbocycles. The summed E-state index contributed by atoms with van der Waals surface area (Å²) in [4.78, 5) is 17.2. The first-order valence-electron chi connectivity index (χ1n) is 6.17. The van der Waals surface area contributed by atoms with E-state index in [1.807, 2.05) is 23.2 Å².